The Morgan fingerprint density at radius 3 is 2.86 bits per heavy atom. The van der Waals surface area contributed by atoms with Gasteiger partial charge in [0.25, 0.3) is 0 Å². The SMILES string of the molecule is CCC1CN(CC(=O)N2CCCC2)c2c(N)cccc2O1. The van der Waals surface area contributed by atoms with Crippen LogP contribution in [0.1, 0.15) is 26.2 Å². The molecule has 2 N–H and O–H groups in total. The Hall–Kier alpha value is -1.91. The monoisotopic (exact) mass is 289 g/mol. The molecule has 1 aromatic carbocycles. The Bertz CT molecular complexity index is 526. The smallest absolute Gasteiger partial charge is 0.242 e. The molecule has 0 spiro atoms. The van der Waals surface area contributed by atoms with Gasteiger partial charge < -0.3 is 20.3 Å². The van der Waals surface area contributed by atoms with Crippen molar-refractivity contribution in [3.8, 4) is 5.75 Å². The van der Waals surface area contributed by atoms with Gasteiger partial charge in [0.15, 0.2) is 0 Å². The number of hydrogen-bond donors (Lipinski definition) is 1. The highest BCUT2D eigenvalue weighted by Gasteiger charge is 2.29. The average Bonchev–Trinajstić information content (AvgIpc) is 3.01. The highest BCUT2D eigenvalue weighted by molar-refractivity contribution is 5.85. The van der Waals surface area contributed by atoms with Crippen LogP contribution in [0.25, 0.3) is 0 Å². The summed E-state index contributed by atoms with van der Waals surface area (Å²) in [6.07, 6.45) is 3.27. The first-order chi connectivity index (χ1) is 10.2. The number of nitrogens with zero attached hydrogens (tertiary/aromatic N) is 2. The molecule has 2 aliphatic heterocycles. The summed E-state index contributed by atoms with van der Waals surface area (Å²) in [5.41, 5.74) is 7.65. The molecule has 1 aromatic rings. The van der Waals surface area contributed by atoms with Crippen LogP contribution in [0.5, 0.6) is 5.75 Å². The van der Waals surface area contributed by atoms with Crippen molar-refractivity contribution in [2.24, 2.45) is 0 Å². The number of carbonyl (C=O) groups is 1. The number of likely N-dealkylation sites (tertiary alicyclic amines) is 1. The van der Waals surface area contributed by atoms with E-state index in [0.29, 0.717) is 12.2 Å². The first kappa shape index (κ1) is 14.0. The molecule has 2 aliphatic rings. The number of rotatable bonds is 3. The summed E-state index contributed by atoms with van der Waals surface area (Å²) in [6, 6.07) is 5.69. The minimum absolute atomic E-state index is 0.116. The molecule has 1 fully saturated rings. The molecular formula is C16H23N3O2. The summed E-state index contributed by atoms with van der Waals surface area (Å²) in [4.78, 5) is 16.5. The molecule has 1 amide bonds. The normalized spacial score (nSPS) is 21.1. The van der Waals surface area contributed by atoms with Crippen molar-refractivity contribution >= 4 is 17.3 Å². The van der Waals surface area contributed by atoms with Crippen LogP contribution in [-0.2, 0) is 4.79 Å². The predicted molar refractivity (Wildman–Crippen MR) is 83.6 cm³/mol. The third-order valence-corrected chi connectivity index (χ3v) is 4.30. The summed E-state index contributed by atoms with van der Waals surface area (Å²) >= 11 is 0. The number of amides is 1. The van der Waals surface area contributed by atoms with Gasteiger partial charge in [-0.25, -0.2) is 0 Å². The molecule has 2 heterocycles. The van der Waals surface area contributed by atoms with E-state index >= 15 is 0 Å². The lowest BCUT2D eigenvalue weighted by Crippen LogP contribution is -2.46. The number of nitrogen functional groups attached to an aromatic ring is 1. The van der Waals surface area contributed by atoms with Crippen LogP contribution in [0.2, 0.25) is 0 Å². The van der Waals surface area contributed by atoms with Crippen LogP contribution in [-0.4, -0.2) is 43.1 Å². The van der Waals surface area contributed by atoms with Crippen LogP contribution in [0.4, 0.5) is 11.4 Å². The minimum Gasteiger partial charge on any atom is -0.486 e. The van der Waals surface area contributed by atoms with Crippen molar-refractivity contribution in [1.82, 2.24) is 4.90 Å². The van der Waals surface area contributed by atoms with E-state index in [0.717, 1.165) is 50.3 Å². The Morgan fingerprint density at radius 2 is 2.14 bits per heavy atom. The van der Waals surface area contributed by atoms with Crippen molar-refractivity contribution < 1.29 is 9.53 Å². The van der Waals surface area contributed by atoms with E-state index in [9.17, 15) is 4.79 Å². The zero-order valence-electron chi connectivity index (χ0n) is 12.5. The number of ether oxygens (including phenoxy) is 1. The standard InChI is InChI=1S/C16H23N3O2/c1-2-12-10-19(11-15(20)18-8-3-4-9-18)16-13(17)6-5-7-14(16)21-12/h5-7,12H,2-4,8-11,17H2,1H3. The molecule has 1 unspecified atom stereocenters. The van der Waals surface area contributed by atoms with Crippen molar-refractivity contribution in [1.29, 1.82) is 0 Å². The molecule has 1 saturated heterocycles. The van der Waals surface area contributed by atoms with Gasteiger partial charge in [0.1, 0.15) is 17.5 Å². The quantitative estimate of drug-likeness (QED) is 0.863. The van der Waals surface area contributed by atoms with E-state index in [-0.39, 0.29) is 12.0 Å². The summed E-state index contributed by atoms with van der Waals surface area (Å²) in [7, 11) is 0. The van der Waals surface area contributed by atoms with Crippen molar-refractivity contribution in [2.75, 3.05) is 36.8 Å². The Balaban J connectivity index is 1.82. The van der Waals surface area contributed by atoms with Crippen molar-refractivity contribution in [3.05, 3.63) is 18.2 Å². The second-order valence-electron chi connectivity index (χ2n) is 5.81. The Morgan fingerprint density at radius 1 is 1.38 bits per heavy atom. The molecular weight excluding hydrogens is 266 g/mol. The number of hydrogen-bond acceptors (Lipinski definition) is 4. The largest absolute Gasteiger partial charge is 0.486 e. The van der Waals surface area contributed by atoms with E-state index < -0.39 is 0 Å². The van der Waals surface area contributed by atoms with Crippen LogP contribution in [0.15, 0.2) is 18.2 Å². The number of nitrogens with two attached hydrogens (primary N) is 1. The molecule has 5 heteroatoms. The van der Waals surface area contributed by atoms with Gasteiger partial charge >= 0.3 is 0 Å². The molecule has 0 bridgehead atoms. The number of para-hydroxylation sites is 1. The van der Waals surface area contributed by atoms with Gasteiger partial charge in [0.05, 0.1) is 18.8 Å². The third kappa shape index (κ3) is 2.77. The first-order valence-electron chi connectivity index (χ1n) is 7.77. The van der Waals surface area contributed by atoms with E-state index in [4.69, 9.17) is 10.5 Å². The lowest BCUT2D eigenvalue weighted by Gasteiger charge is -2.37. The van der Waals surface area contributed by atoms with Gasteiger partial charge in [0.2, 0.25) is 5.91 Å². The van der Waals surface area contributed by atoms with E-state index in [1.165, 1.54) is 0 Å². The van der Waals surface area contributed by atoms with Gasteiger partial charge in [-0.1, -0.05) is 13.0 Å². The van der Waals surface area contributed by atoms with E-state index in [2.05, 4.69) is 11.8 Å². The molecule has 1 atom stereocenters. The first-order valence-corrected chi connectivity index (χ1v) is 7.77. The maximum atomic E-state index is 12.4. The van der Waals surface area contributed by atoms with E-state index in [1.807, 2.05) is 23.1 Å². The summed E-state index contributed by atoms with van der Waals surface area (Å²) < 4.78 is 5.95. The zero-order valence-corrected chi connectivity index (χ0v) is 12.5. The summed E-state index contributed by atoms with van der Waals surface area (Å²) in [5.74, 6) is 0.987. The fourth-order valence-electron chi connectivity index (χ4n) is 3.11. The summed E-state index contributed by atoms with van der Waals surface area (Å²) in [6.45, 7) is 4.98. The number of carbonyl (C=O) groups excluding carboxylic acids is 1. The second kappa shape index (κ2) is 5.84. The molecule has 0 aliphatic carbocycles. The molecule has 5 nitrogen and oxygen atoms in total. The predicted octanol–water partition coefficient (Wildman–Crippen LogP) is 1.87. The average molecular weight is 289 g/mol. The van der Waals surface area contributed by atoms with Gasteiger partial charge in [-0.3, -0.25) is 4.79 Å². The van der Waals surface area contributed by atoms with Crippen LogP contribution < -0.4 is 15.4 Å². The third-order valence-electron chi connectivity index (χ3n) is 4.30. The molecule has 0 saturated carbocycles. The number of anilines is 2. The van der Waals surface area contributed by atoms with Crippen LogP contribution >= 0.6 is 0 Å². The minimum atomic E-state index is 0.116. The lowest BCUT2D eigenvalue weighted by atomic mass is 10.1. The maximum Gasteiger partial charge on any atom is 0.242 e. The van der Waals surface area contributed by atoms with Crippen LogP contribution in [0, 0.1) is 0 Å². The zero-order chi connectivity index (χ0) is 14.8. The molecule has 3 rings (SSSR count). The van der Waals surface area contributed by atoms with Gasteiger partial charge in [0, 0.05) is 13.1 Å². The highest BCUT2D eigenvalue weighted by atomic mass is 16.5. The number of fused-ring (bicyclic) bond motifs is 1. The number of benzene rings is 1. The van der Waals surface area contributed by atoms with E-state index in [1.54, 1.807) is 0 Å². The Kier molecular flexibility index (Phi) is 3.90. The Labute approximate surface area is 125 Å². The fourth-order valence-corrected chi connectivity index (χ4v) is 3.11. The van der Waals surface area contributed by atoms with Gasteiger partial charge in [-0.2, -0.15) is 0 Å². The molecule has 0 radical (unpaired) electrons. The fraction of sp³-hybridized carbons (Fsp3) is 0.562. The lowest BCUT2D eigenvalue weighted by molar-refractivity contribution is -0.128. The molecule has 0 aromatic heterocycles. The van der Waals surface area contributed by atoms with Crippen LogP contribution in [0.3, 0.4) is 0 Å². The van der Waals surface area contributed by atoms with Crippen molar-refractivity contribution in [2.45, 2.75) is 32.3 Å². The second-order valence-corrected chi connectivity index (χ2v) is 5.81. The van der Waals surface area contributed by atoms with Crippen molar-refractivity contribution in [3.63, 3.8) is 0 Å². The van der Waals surface area contributed by atoms with Gasteiger partial charge in [-0.15, -0.1) is 0 Å². The topological polar surface area (TPSA) is 58.8 Å². The molecule has 114 valence electrons. The summed E-state index contributed by atoms with van der Waals surface area (Å²) in [5, 5.41) is 0. The van der Waals surface area contributed by atoms with Gasteiger partial charge in [-0.05, 0) is 31.4 Å². The highest BCUT2D eigenvalue weighted by Crippen LogP contribution is 2.38. The molecule has 21 heavy (non-hydrogen) atoms. The maximum absolute atomic E-state index is 12.4.